The van der Waals surface area contributed by atoms with Crippen molar-refractivity contribution in [2.75, 3.05) is 12.4 Å². The van der Waals surface area contributed by atoms with Gasteiger partial charge >= 0.3 is 0 Å². The maximum atomic E-state index is 12.6. The van der Waals surface area contributed by atoms with Crippen molar-refractivity contribution in [3.8, 4) is 0 Å². The summed E-state index contributed by atoms with van der Waals surface area (Å²) in [7, 11) is 1.58. The Morgan fingerprint density at radius 3 is 2.74 bits per heavy atom. The summed E-state index contributed by atoms with van der Waals surface area (Å²) in [6.45, 7) is 2.74. The Bertz CT molecular complexity index is 879. The fourth-order valence-electron chi connectivity index (χ4n) is 2.58. The number of nitrogens with one attached hydrogen (secondary N) is 2. The first kappa shape index (κ1) is 15.3. The van der Waals surface area contributed by atoms with E-state index in [1.807, 2.05) is 29.0 Å². The van der Waals surface area contributed by atoms with Crippen LogP contribution in [0.4, 0.5) is 5.69 Å². The van der Waals surface area contributed by atoms with E-state index in [0.29, 0.717) is 16.9 Å². The number of aromatic nitrogens is 1. The molecule has 0 saturated heterocycles. The Morgan fingerprint density at radius 2 is 2.00 bits per heavy atom. The highest BCUT2D eigenvalue weighted by Gasteiger charge is 2.16. The van der Waals surface area contributed by atoms with Crippen LogP contribution in [0.2, 0.25) is 0 Å². The summed E-state index contributed by atoms with van der Waals surface area (Å²) in [5, 5.41) is 7.46. The van der Waals surface area contributed by atoms with Crippen LogP contribution in [0.25, 0.3) is 10.2 Å². The van der Waals surface area contributed by atoms with Crippen LogP contribution in [0.3, 0.4) is 0 Å². The molecule has 0 fully saturated rings. The lowest BCUT2D eigenvalue weighted by atomic mass is 10.2. The highest BCUT2D eigenvalue weighted by atomic mass is 32.1. The molecule has 0 spiro atoms. The molecule has 0 bridgehead atoms. The number of nitrogens with zero attached hydrogens (tertiary/aromatic N) is 1. The summed E-state index contributed by atoms with van der Waals surface area (Å²) < 4.78 is 3.08. The van der Waals surface area contributed by atoms with Crippen LogP contribution in [0.5, 0.6) is 0 Å². The van der Waals surface area contributed by atoms with Crippen molar-refractivity contribution in [3.05, 3.63) is 53.0 Å². The first-order valence-electron chi connectivity index (χ1n) is 7.34. The van der Waals surface area contributed by atoms with Gasteiger partial charge in [-0.2, -0.15) is 0 Å². The Kier molecular flexibility index (Phi) is 4.16. The van der Waals surface area contributed by atoms with Crippen molar-refractivity contribution in [2.24, 2.45) is 0 Å². The molecular formula is C17H17N3O2S. The summed E-state index contributed by atoms with van der Waals surface area (Å²) in [6.07, 6.45) is 0. The third kappa shape index (κ3) is 2.85. The molecule has 0 atom stereocenters. The number of hydrogen-bond acceptors (Lipinski definition) is 3. The van der Waals surface area contributed by atoms with E-state index in [-0.39, 0.29) is 11.8 Å². The van der Waals surface area contributed by atoms with Gasteiger partial charge in [-0.25, -0.2) is 0 Å². The molecule has 5 nitrogen and oxygen atoms in total. The Hall–Kier alpha value is -2.60. The number of carbonyl (C=O) groups excluding carboxylic acids is 2. The molecule has 0 aliphatic rings. The number of thiophene rings is 1. The standard InChI is InChI=1S/C17H17N3O2S/c1-3-20-13-7-8-23-15(13)10-14(20)17(22)19-12-6-4-5-11(9-12)16(21)18-2/h4-10H,3H2,1-2H3,(H,18,21)(H,19,22). The van der Waals surface area contributed by atoms with Crippen molar-refractivity contribution >= 4 is 39.1 Å². The SMILES string of the molecule is CCn1c(C(=O)Nc2cccc(C(=O)NC)c2)cc2sccc21. The third-order valence-corrected chi connectivity index (χ3v) is 4.53. The van der Waals surface area contributed by atoms with E-state index in [0.717, 1.165) is 16.8 Å². The first-order chi connectivity index (χ1) is 11.1. The van der Waals surface area contributed by atoms with Crippen LogP contribution < -0.4 is 10.6 Å². The van der Waals surface area contributed by atoms with Crippen LogP contribution in [0.15, 0.2) is 41.8 Å². The Balaban J connectivity index is 1.89. The van der Waals surface area contributed by atoms with Gasteiger partial charge in [0.15, 0.2) is 0 Å². The molecule has 0 radical (unpaired) electrons. The van der Waals surface area contributed by atoms with Gasteiger partial charge in [-0.3, -0.25) is 9.59 Å². The minimum Gasteiger partial charge on any atom is -0.355 e. The van der Waals surface area contributed by atoms with Gasteiger partial charge in [0, 0.05) is 24.8 Å². The van der Waals surface area contributed by atoms with E-state index >= 15 is 0 Å². The number of carbonyl (C=O) groups is 2. The van der Waals surface area contributed by atoms with Crippen LogP contribution in [0, 0.1) is 0 Å². The number of rotatable bonds is 4. The van der Waals surface area contributed by atoms with E-state index in [2.05, 4.69) is 10.6 Å². The molecule has 1 aromatic carbocycles. The number of aryl methyl sites for hydroxylation is 1. The maximum absolute atomic E-state index is 12.6. The molecule has 6 heteroatoms. The van der Waals surface area contributed by atoms with E-state index in [1.165, 1.54) is 0 Å². The number of benzene rings is 1. The molecule has 3 rings (SSSR count). The van der Waals surface area contributed by atoms with Gasteiger partial charge in [-0.05, 0) is 42.6 Å². The topological polar surface area (TPSA) is 63.1 Å². The zero-order chi connectivity index (χ0) is 16.4. The van der Waals surface area contributed by atoms with E-state index in [1.54, 1.807) is 42.6 Å². The van der Waals surface area contributed by atoms with Gasteiger partial charge in [0.25, 0.3) is 11.8 Å². The largest absolute Gasteiger partial charge is 0.355 e. The van der Waals surface area contributed by atoms with Crippen LogP contribution in [-0.4, -0.2) is 23.4 Å². The van der Waals surface area contributed by atoms with Gasteiger partial charge in [0.2, 0.25) is 0 Å². The van der Waals surface area contributed by atoms with Crippen molar-refractivity contribution < 1.29 is 9.59 Å². The second-order valence-corrected chi connectivity index (χ2v) is 6.01. The molecule has 2 aromatic heterocycles. The van der Waals surface area contributed by atoms with E-state index < -0.39 is 0 Å². The van der Waals surface area contributed by atoms with E-state index in [9.17, 15) is 9.59 Å². The zero-order valence-electron chi connectivity index (χ0n) is 12.9. The zero-order valence-corrected chi connectivity index (χ0v) is 13.7. The summed E-state index contributed by atoms with van der Waals surface area (Å²) in [5.41, 5.74) is 2.81. The smallest absolute Gasteiger partial charge is 0.272 e. The van der Waals surface area contributed by atoms with Crippen LogP contribution in [0.1, 0.15) is 27.8 Å². The Morgan fingerprint density at radius 1 is 1.17 bits per heavy atom. The normalized spacial score (nSPS) is 10.7. The van der Waals surface area contributed by atoms with Crippen LogP contribution in [-0.2, 0) is 6.54 Å². The summed E-state index contributed by atoms with van der Waals surface area (Å²) in [6, 6.07) is 10.8. The predicted octanol–water partition coefficient (Wildman–Crippen LogP) is 3.33. The van der Waals surface area contributed by atoms with Gasteiger partial charge in [-0.15, -0.1) is 11.3 Å². The molecule has 0 unspecified atom stereocenters. The van der Waals surface area contributed by atoms with Crippen molar-refractivity contribution in [2.45, 2.75) is 13.5 Å². The quantitative estimate of drug-likeness (QED) is 0.772. The fourth-order valence-corrected chi connectivity index (χ4v) is 3.41. The lowest BCUT2D eigenvalue weighted by molar-refractivity contribution is 0.0961. The predicted molar refractivity (Wildman–Crippen MR) is 93.3 cm³/mol. The minimum absolute atomic E-state index is 0.177. The first-order valence-corrected chi connectivity index (χ1v) is 8.22. The van der Waals surface area contributed by atoms with Gasteiger partial charge < -0.3 is 15.2 Å². The summed E-state index contributed by atoms with van der Waals surface area (Å²) in [4.78, 5) is 24.3. The lowest BCUT2D eigenvalue weighted by Crippen LogP contribution is -2.19. The molecule has 2 amide bonds. The average molecular weight is 327 g/mol. The minimum atomic E-state index is -0.182. The number of amides is 2. The molecule has 3 aromatic rings. The molecule has 0 saturated carbocycles. The van der Waals surface area contributed by atoms with Gasteiger partial charge in [0.1, 0.15) is 5.69 Å². The van der Waals surface area contributed by atoms with Gasteiger partial charge in [0.05, 0.1) is 10.2 Å². The van der Waals surface area contributed by atoms with E-state index in [4.69, 9.17) is 0 Å². The molecule has 118 valence electrons. The Labute approximate surface area is 137 Å². The summed E-state index contributed by atoms with van der Waals surface area (Å²) >= 11 is 1.62. The van der Waals surface area contributed by atoms with Crippen molar-refractivity contribution in [1.82, 2.24) is 9.88 Å². The average Bonchev–Trinajstić information content (AvgIpc) is 3.14. The third-order valence-electron chi connectivity index (χ3n) is 3.68. The molecule has 0 aliphatic carbocycles. The molecular weight excluding hydrogens is 310 g/mol. The fraction of sp³-hybridized carbons (Fsp3) is 0.176. The second kappa shape index (κ2) is 6.26. The number of hydrogen-bond donors (Lipinski definition) is 2. The lowest BCUT2D eigenvalue weighted by Gasteiger charge is -2.09. The van der Waals surface area contributed by atoms with Crippen molar-refractivity contribution in [1.29, 1.82) is 0 Å². The highest BCUT2D eigenvalue weighted by Crippen LogP contribution is 2.26. The maximum Gasteiger partial charge on any atom is 0.272 e. The highest BCUT2D eigenvalue weighted by molar-refractivity contribution is 7.17. The molecule has 0 aliphatic heterocycles. The number of anilines is 1. The molecule has 2 N–H and O–H groups in total. The second-order valence-electron chi connectivity index (χ2n) is 5.06. The van der Waals surface area contributed by atoms with Crippen molar-refractivity contribution in [3.63, 3.8) is 0 Å². The monoisotopic (exact) mass is 327 g/mol. The summed E-state index contributed by atoms with van der Waals surface area (Å²) in [5.74, 6) is -0.358. The van der Waals surface area contributed by atoms with Gasteiger partial charge in [-0.1, -0.05) is 6.07 Å². The van der Waals surface area contributed by atoms with Crippen LogP contribution >= 0.6 is 11.3 Å². The molecule has 2 heterocycles. The number of fused-ring (bicyclic) bond motifs is 1. The molecule has 23 heavy (non-hydrogen) atoms.